The van der Waals surface area contributed by atoms with E-state index in [2.05, 4.69) is 156 Å². The fourth-order valence-corrected chi connectivity index (χ4v) is 11.1. The average molecular weight is 3000 g/mol. The van der Waals surface area contributed by atoms with Gasteiger partial charge >= 0.3 is 56.8 Å². The first kappa shape index (κ1) is 138. The number of nitrogens with zero attached hydrogens (tertiary/aromatic N) is 16. The van der Waals surface area contributed by atoms with E-state index in [9.17, 15) is 79.1 Å². The van der Waals surface area contributed by atoms with Crippen LogP contribution in [0.15, 0.2) is 120 Å². The van der Waals surface area contributed by atoms with E-state index in [4.69, 9.17) is 105 Å². The summed E-state index contributed by atoms with van der Waals surface area (Å²) in [5, 5.41) is 70.3. The van der Waals surface area contributed by atoms with Crippen LogP contribution in [-0.2, 0) is 146 Å². The van der Waals surface area contributed by atoms with Crippen LogP contribution in [0.1, 0.15) is 53.4 Å². The Labute approximate surface area is 905 Å². The predicted molar refractivity (Wildman–Crippen MR) is 480 cm³/mol. The van der Waals surface area contributed by atoms with Gasteiger partial charge < -0.3 is 35.1 Å². The molecule has 0 unspecified atom stereocenters. The molecule has 0 aliphatic rings. The Kier molecular flexibility index (Phi) is 85.6. The Bertz CT molecular complexity index is 4900. The number of anilines is 3. The number of aromatic hydroxyl groups is 2. The van der Waals surface area contributed by atoms with Crippen LogP contribution in [0.4, 0.5) is 60.3 Å². The third-order valence-electron chi connectivity index (χ3n) is 11.6. The van der Waals surface area contributed by atoms with Gasteiger partial charge in [0.1, 0.15) is 0 Å². The van der Waals surface area contributed by atoms with Crippen LogP contribution in [0, 0.1) is 113 Å². The van der Waals surface area contributed by atoms with Crippen molar-refractivity contribution in [2.24, 2.45) is 0 Å². The van der Waals surface area contributed by atoms with Crippen molar-refractivity contribution in [1.29, 1.82) is 0 Å². The van der Waals surface area contributed by atoms with Crippen molar-refractivity contribution >= 4 is 277 Å². The van der Waals surface area contributed by atoms with Crippen LogP contribution in [0.2, 0.25) is 25.8 Å². The SMILES string of the molecule is C.C=CCc1cccc(CCl)c1.C=CCc1cccc(CN(C(=O)OCC)c2nc(SC)nc(Cl)c2[N+](=O)[O-])c1.CCOC(=O)Cl.CCOC(=O)Nc1nc(SC)nc(Cl)c1[N+](=O)[O-].CSc1nc(Cl)c([N+](=O)[O-])c(Cl)n1.CSc1nc(N)c([N+](=O)[O-])c(Cl)n1.CSc1nc(O)c([N+](=O)[O-])c(=O)[nH]1.CSc1nc(O)cc(=O)[nH]1.O=P(Cl)(Cl)Cl.S=S.[3H][3H].[U].[U].[V].[V].[W].[W]. The number of hydrogen-bond donors (Lipinski definition) is 6. The number of halogens is 10. The molecule has 6 aromatic heterocycles. The number of thioether (sulfide) groups is 6. The summed E-state index contributed by atoms with van der Waals surface area (Å²) in [5.41, 5.74) is 4.53. The van der Waals surface area contributed by atoms with Gasteiger partial charge in [0.15, 0.2) is 30.9 Å². The zero-order valence-corrected chi connectivity index (χ0v) is 96.8. The minimum atomic E-state index is -3.22. The summed E-state index contributed by atoms with van der Waals surface area (Å²) >= 11 is 66.9. The number of nitrogen functional groups attached to an aromatic ring is 1. The number of nitrogens with two attached hydrogens (primary N) is 1. The van der Waals surface area contributed by atoms with Crippen LogP contribution in [0.3, 0.4) is 0 Å². The van der Waals surface area contributed by atoms with Crippen molar-refractivity contribution in [2.75, 3.05) is 73.3 Å². The number of hydrogen-bond acceptors (Lipinski definition) is 40. The van der Waals surface area contributed by atoms with Gasteiger partial charge in [-0.1, -0.05) is 197 Å². The fraction of sp³-hybridized carbons (Fsp3) is 0.283. The van der Waals surface area contributed by atoms with E-state index < -0.39 is 87.3 Å². The summed E-state index contributed by atoms with van der Waals surface area (Å²) in [5.74, 6) is -1.23. The van der Waals surface area contributed by atoms with E-state index in [1.165, 1.54) is 46.4 Å². The number of carbonyl (C=O) groups is 3. The molecule has 0 atom stereocenters. The molecule has 0 spiro atoms. The Balaban J connectivity index is -0.000000156. The van der Waals surface area contributed by atoms with Crippen molar-refractivity contribution in [2.45, 2.75) is 84.4 Å². The topological polar surface area (TPSA) is 588 Å². The molecule has 66 heteroatoms. The van der Waals surface area contributed by atoms with E-state index in [0.29, 0.717) is 34.4 Å². The molecule has 41 nitrogen and oxygen atoms in total. The van der Waals surface area contributed by atoms with Crippen molar-refractivity contribution in [3.8, 4) is 11.8 Å². The van der Waals surface area contributed by atoms with Crippen molar-refractivity contribution in [3.63, 3.8) is 0 Å². The number of rotatable bonds is 23. The summed E-state index contributed by atoms with van der Waals surface area (Å²) in [4.78, 5) is 147. The first-order valence-corrected chi connectivity index (χ1v) is 46.6. The van der Waals surface area contributed by atoms with E-state index in [1.54, 1.807) is 64.4 Å². The number of carbonyl (C=O) groups excluding carboxylic acids is 3. The number of nitro groups is 5. The van der Waals surface area contributed by atoms with Crippen LogP contribution < -0.4 is 27.1 Å². The van der Waals surface area contributed by atoms with Gasteiger partial charge in [-0.25, -0.2) is 39.3 Å². The van der Waals surface area contributed by atoms with Gasteiger partial charge in [0.2, 0.25) is 49.1 Å². The first-order chi connectivity index (χ1) is 56.9. The van der Waals surface area contributed by atoms with Crippen molar-refractivity contribution < 1.29 is 212 Å². The predicted octanol–water partition coefficient (Wildman–Crippen LogP) is 19.3. The number of benzene rings is 2. The quantitative estimate of drug-likeness (QED) is 0.00331. The number of amides is 2. The second kappa shape index (κ2) is 78.1. The molecule has 2 amide bonds. The van der Waals surface area contributed by atoms with Crippen molar-refractivity contribution in [1.82, 2.24) is 59.8 Å². The van der Waals surface area contributed by atoms with Crippen LogP contribution in [-0.4, -0.2) is 170 Å². The van der Waals surface area contributed by atoms with Gasteiger partial charge in [-0.3, -0.25) is 79.9 Å². The number of alkyl halides is 1. The summed E-state index contributed by atoms with van der Waals surface area (Å²) in [7, 11) is 0. The molecule has 0 bridgehead atoms. The molecule has 0 saturated heterocycles. The monoisotopic (exact) mass is 2990 g/mol. The molecule has 8 aromatic rings. The summed E-state index contributed by atoms with van der Waals surface area (Å²) in [6.07, 6.45) is 13.8. The molecule has 6 heterocycles. The Morgan fingerprint density at radius 1 is 0.579 bits per heavy atom. The van der Waals surface area contributed by atoms with E-state index in [0.717, 1.165) is 63.8 Å². The first-order valence-electron chi connectivity index (χ1n) is 31.7. The molecular weight excluding hydrogens is 2920 g/mol. The zero-order valence-electron chi connectivity index (χ0n) is 66.8. The second-order valence-electron chi connectivity index (χ2n) is 19.4. The molecule has 0 aliphatic carbocycles. The van der Waals surface area contributed by atoms with Crippen molar-refractivity contribution in [3.05, 3.63) is 199 Å². The Morgan fingerprint density at radius 3 is 1.30 bits per heavy atom. The molecule has 0 saturated carbocycles. The maximum Gasteiger partial charge on any atom is 0.415 e. The van der Waals surface area contributed by atoms with Gasteiger partial charge in [-0.15, -0.1) is 24.8 Å². The maximum absolute atomic E-state index is 12.6. The van der Waals surface area contributed by atoms with Gasteiger partial charge in [-0.2, -0.15) is 24.9 Å². The minimum Gasteiger partial charge on any atom is -0.493 e. The molecule has 0 aliphatic heterocycles. The molecule has 688 valence electrons. The van der Waals surface area contributed by atoms with E-state index >= 15 is 0 Å². The average Bonchev–Trinajstić information content (AvgIpc) is 0.752. The van der Waals surface area contributed by atoms with E-state index in [-0.39, 0.29) is 239 Å². The second-order valence-corrected chi connectivity index (χ2v) is 33.0. The molecule has 2 radical (unpaired) electrons. The summed E-state index contributed by atoms with van der Waals surface area (Å²) in [6.45, 7) is 12.9. The van der Waals surface area contributed by atoms with Gasteiger partial charge in [-0.05, 0) is 127 Å². The van der Waals surface area contributed by atoms with Crippen LogP contribution in [0.25, 0.3) is 0 Å². The number of ether oxygens (including phenoxy) is 3. The standard InChI is InChI=1S/C18H19ClN4O4S.C10H11Cl.C8H9ClN4O4S.C5H3Cl2N3O2S.C5H5ClN4O2S.C5H5N3O4S.C5H6N2O2S.C3H5ClO2.CH4.Cl3OP.S2.2U.2V.2W.H2/c1-4-7-12-8-6-9-13(10-12)11-22(18(24)27-5-2)16-14(23(25)26)15(19)20-17(21-16)28-3;1-2-4-9-5-3-6-10(7-9)8-11;1-3-17-8(14)12-6-4(13(15)16)5(9)10-7(11-6)18-2;2*1-13-5-8-3(6)2(10(11)12)4(7)9-5;1-13-5-6-3(9)2(8(11)12)4(10)7-5;1-10-5-6-3(8)2-4(9)7-5;1-2-6-3(4)5;;1-5(2,3)4;1-2;;;;;;;/h4,6,8-10H,1,5,7,11H2,2-3H3;2-3,5-7H,1,4,8H2;3H2,1-2H3,(H,10,11,12,14);1H3;1H3,(H2,7,8,9);1H3,(H2,6,7,9,10);2H,1H3,(H2,6,7,8,9);2H2,1H3;1H4;;;;;;;;;1H/i;;;;;;;;;;;;;;;;;1+2T. The maximum atomic E-state index is 12.6. The zero-order chi connectivity index (χ0) is 93.6. The third-order valence-corrected chi connectivity index (χ3v) is 16.7. The number of nitrogens with one attached hydrogen (secondary N) is 3. The summed E-state index contributed by atoms with van der Waals surface area (Å²) < 4.78 is 33.4. The van der Waals surface area contributed by atoms with Crippen LogP contribution >= 0.6 is 191 Å². The van der Waals surface area contributed by atoms with Gasteiger partial charge in [0, 0.05) is 184 Å². The van der Waals surface area contributed by atoms with Gasteiger partial charge in [0.25, 0.3) is 11.4 Å². The number of allylic oxidation sites excluding steroid dienone is 2. The minimum absolute atomic E-state index is 0. The molecule has 8 rings (SSSR count). The fourth-order valence-electron chi connectivity index (χ4n) is 7.12. The van der Waals surface area contributed by atoms with Gasteiger partial charge in [0.05, 0.1) is 57.0 Å². The molecule has 7 N–H and O–H groups in total. The molecular formula is C60H69Cl10N20O21PS8U2V2W2. The van der Waals surface area contributed by atoms with Crippen LogP contribution in [0.5, 0.6) is 11.8 Å². The Hall–Kier alpha value is -3.27. The van der Waals surface area contributed by atoms with E-state index in [1.807, 2.05) is 42.5 Å². The molecule has 0 fully saturated rings. The third kappa shape index (κ3) is 57.3. The number of H-pyrrole nitrogens is 2. The largest absolute Gasteiger partial charge is 0.493 e. The number of aromatic amines is 2. The summed E-state index contributed by atoms with van der Waals surface area (Å²) in [6, 6.07) is 16.7. The number of aromatic nitrogens is 12. The smallest absolute Gasteiger partial charge is 0.415 e. The molecule has 126 heavy (non-hydrogen) atoms. The molecule has 2 aromatic carbocycles. The normalized spacial score (nSPS) is 9.36. The Morgan fingerprint density at radius 2 is 0.944 bits per heavy atom.